The Morgan fingerprint density at radius 2 is 1.96 bits per heavy atom. The summed E-state index contributed by atoms with van der Waals surface area (Å²) < 4.78 is 1.96. The molecule has 7 heteroatoms. The number of hydrogen-bond donors (Lipinski definition) is 2. The smallest absolute Gasteiger partial charge is 0.265 e. The Kier molecular flexibility index (Phi) is 5.16. The van der Waals surface area contributed by atoms with Crippen molar-refractivity contribution in [3.8, 4) is 0 Å². The molecule has 0 aliphatic heterocycles. The largest absolute Gasteiger partial charge is 0.352 e. The Balaban J connectivity index is 1.34. The van der Waals surface area contributed by atoms with Gasteiger partial charge in [-0.2, -0.15) is 0 Å². The minimum Gasteiger partial charge on any atom is -0.352 e. The molecule has 2 N–H and O–H groups in total. The number of benzene rings is 1. The number of pyridine rings is 1. The van der Waals surface area contributed by atoms with Gasteiger partial charge in [0.2, 0.25) is 0 Å². The highest BCUT2D eigenvalue weighted by molar-refractivity contribution is 7.12. The lowest BCUT2D eigenvalue weighted by Gasteiger charge is -2.07. The van der Waals surface area contributed by atoms with E-state index in [1.807, 2.05) is 46.4 Å². The van der Waals surface area contributed by atoms with E-state index in [0.29, 0.717) is 29.1 Å². The molecule has 6 nitrogen and oxygen atoms in total. The van der Waals surface area contributed by atoms with Gasteiger partial charge in [-0.3, -0.25) is 9.59 Å². The maximum absolute atomic E-state index is 12.4. The number of rotatable bonds is 6. The minimum atomic E-state index is -0.184. The molecule has 0 aliphatic carbocycles. The van der Waals surface area contributed by atoms with Crippen LogP contribution in [0.2, 0.25) is 0 Å². The van der Waals surface area contributed by atoms with Crippen molar-refractivity contribution in [2.45, 2.75) is 6.42 Å². The Morgan fingerprint density at radius 1 is 1.04 bits per heavy atom. The zero-order valence-electron chi connectivity index (χ0n) is 15.0. The van der Waals surface area contributed by atoms with E-state index in [0.717, 1.165) is 11.3 Å². The second kappa shape index (κ2) is 8.06. The summed E-state index contributed by atoms with van der Waals surface area (Å²) in [5.74, 6) is -0.365. The molecule has 0 saturated carbocycles. The van der Waals surface area contributed by atoms with Crippen LogP contribution in [0.3, 0.4) is 0 Å². The van der Waals surface area contributed by atoms with E-state index in [1.54, 1.807) is 30.3 Å². The predicted octanol–water partition coefficient (Wildman–Crippen LogP) is 3.62. The molecule has 0 saturated heterocycles. The first-order chi connectivity index (χ1) is 13.7. The number of nitrogens with one attached hydrogen (secondary N) is 2. The summed E-state index contributed by atoms with van der Waals surface area (Å²) in [6.45, 7) is 0.481. The highest BCUT2D eigenvalue weighted by atomic mass is 32.1. The van der Waals surface area contributed by atoms with Crippen LogP contribution in [0.15, 0.2) is 72.4 Å². The fourth-order valence-corrected chi connectivity index (χ4v) is 3.47. The molecule has 0 fully saturated rings. The van der Waals surface area contributed by atoms with Crippen LogP contribution < -0.4 is 10.6 Å². The molecule has 0 bridgehead atoms. The summed E-state index contributed by atoms with van der Waals surface area (Å²) in [7, 11) is 0. The molecule has 0 atom stereocenters. The molecule has 3 heterocycles. The van der Waals surface area contributed by atoms with E-state index < -0.39 is 0 Å². The number of thiophene rings is 1. The Labute approximate surface area is 165 Å². The Hall–Kier alpha value is -3.45. The lowest BCUT2D eigenvalue weighted by molar-refractivity contribution is 0.0952. The highest BCUT2D eigenvalue weighted by Gasteiger charge is 2.10. The molecule has 0 aliphatic rings. The van der Waals surface area contributed by atoms with Gasteiger partial charge in [0.15, 0.2) is 0 Å². The zero-order valence-corrected chi connectivity index (χ0v) is 15.8. The molecule has 1 aromatic carbocycles. The number of nitrogens with zero attached hydrogens (tertiary/aromatic N) is 2. The van der Waals surface area contributed by atoms with E-state index in [-0.39, 0.29) is 11.8 Å². The van der Waals surface area contributed by atoms with Crippen molar-refractivity contribution in [3.05, 3.63) is 88.5 Å². The summed E-state index contributed by atoms with van der Waals surface area (Å²) in [6.07, 6.45) is 4.55. The van der Waals surface area contributed by atoms with E-state index in [9.17, 15) is 9.59 Å². The molecule has 0 unspecified atom stereocenters. The number of aromatic nitrogens is 2. The van der Waals surface area contributed by atoms with Gasteiger partial charge in [0.25, 0.3) is 11.8 Å². The van der Waals surface area contributed by atoms with Gasteiger partial charge in [0, 0.05) is 36.6 Å². The summed E-state index contributed by atoms with van der Waals surface area (Å²) in [6, 6.07) is 16.3. The fraction of sp³-hybridized carbons (Fsp3) is 0.0952. The van der Waals surface area contributed by atoms with Gasteiger partial charge in [-0.1, -0.05) is 18.2 Å². The van der Waals surface area contributed by atoms with E-state index >= 15 is 0 Å². The van der Waals surface area contributed by atoms with Crippen LogP contribution in [-0.4, -0.2) is 27.7 Å². The number of amides is 2. The molecular weight excluding hydrogens is 372 g/mol. The Morgan fingerprint density at radius 3 is 2.79 bits per heavy atom. The van der Waals surface area contributed by atoms with E-state index in [2.05, 4.69) is 15.6 Å². The van der Waals surface area contributed by atoms with Crippen LogP contribution in [0.25, 0.3) is 5.65 Å². The average Bonchev–Trinajstić information content (AvgIpc) is 3.37. The maximum Gasteiger partial charge on any atom is 0.265 e. The first-order valence-corrected chi connectivity index (χ1v) is 9.73. The first kappa shape index (κ1) is 17.9. The molecule has 0 spiro atoms. The van der Waals surface area contributed by atoms with Crippen molar-refractivity contribution >= 4 is 34.5 Å². The highest BCUT2D eigenvalue weighted by Crippen LogP contribution is 2.15. The van der Waals surface area contributed by atoms with Crippen molar-refractivity contribution in [1.82, 2.24) is 14.7 Å². The van der Waals surface area contributed by atoms with Crippen molar-refractivity contribution < 1.29 is 9.59 Å². The third-order valence-electron chi connectivity index (χ3n) is 4.21. The van der Waals surface area contributed by atoms with Crippen LogP contribution in [0.4, 0.5) is 5.69 Å². The molecule has 140 valence electrons. The lowest BCUT2D eigenvalue weighted by atomic mass is 10.2. The van der Waals surface area contributed by atoms with Crippen molar-refractivity contribution in [2.75, 3.05) is 11.9 Å². The zero-order chi connectivity index (χ0) is 19.3. The number of carbonyl (C=O) groups excluding carboxylic acids is 2. The molecule has 3 aromatic heterocycles. The van der Waals surface area contributed by atoms with Crippen molar-refractivity contribution in [2.24, 2.45) is 0 Å². The normalized spacial score (nSPS) is 10.7. The number of anilines is 1. The van der Waals surface area contributed by atoms with Crippen LogP contribution >= 0.6 is 11.3 Å². The second-order valence-electron chi connectivity index (χ2n) is 6.22. The van der Waals surface area contributed by atoms with Gasteiger partial charge in [0.05, 0.1) is 10.6 Å². The number of hydrogen-bond acceptors (Lipinski definition) is 4. The van der Waals surface area contributed by atoms with Crippen LogP contribution in [-0.2, 0) is 6.42 Å². The topological polar surface area (TPSA) is 75.5 Å². The molecule has 4 aromatic rings. The second-order valence-corrected chi connectivity index (χ2v) is 7.16. The van der Waals surface area contributed by atoms with Crippen LogP contribution in [0.1, 0.15) is 25.7 Å². The van der Waals surface area contributed by atoms with Gasteiger partial charge < -0.3 is 15.0 Å². The third kappa shape index (κ3) is 4.10. The Bertz CT molecular complexity index is 1090. The van der Waals surface area contributed by atoms with E-state index in [4.69, 9.17) is 0 Å². The van der Waals surface area contributed by atoms with Crippen LogP contribution in [0, 0.1) is 0 Å². The predicted molar refractivity (Wildman–Crippen MR) is 110 cm³/mol. The summed E-state index contributed by atoms with van der Waals surface area (Å²) in [5, 5.41) is 7.57. The summed E-state index contributed by atoms with van der Waals surface area (Å²) >= 11 is 1.37. The van der Waals surface area contributed by atoms with E-state index in [1.165, 1.54) is 11.3 Å². The fourth-order valence-electron chi connectivity index (χ4n) is 2.85. The number of carbonyl (C=O) groups is 2. The molecule has 4 rings (SSSR count). The van der Waals surface area contributed by atoms with Gasteiger partial charge in [0.1, 0.15) is 5.65 Å². The van der Waals surface area contributed by atoms with Crippen molar-refractivity contribution in [3.63, 3.8) is 0 Å². The first-order valence-electron chi connectivity index (χ1n) is 8.85. The lowest BCUT2D eigenvalue weighted by Crippen LogP contribution is -2.25. The maximum atomic E-state index is 12.4. The monoisotopic (exact) mass is 390 g/mol. The number of imidazole rings is 1. The minimum absolute atomic E-state index is 0.181. The van der Waals surface area contributed by atoms with Gasteiger partial charge in [-0.15, -0.1) is 11.3 Å². The SMILES string of the molecule is O=C(NCCc1cn2ccccc2n1)c1cccc(NC(=O)c2cccs2)c1. The van der Waals surface area contributed by atoms with Gasteiger partial charge in [-0.25, -0.2) is 4.98 Å². The molecule has 0 radical (unpaired) electrons. The van der Waals surface area contributed by atoms with Gasteiger partial charge in [-0.05, 0) is 41.8 Å². The molecule has 2 amide bonds. The summed E-state index contributed by atoms with van der Waals surface area (Å²) in [4.78, 5) is 29.7. The van der Waals surface area contributed by atoms with Crippen molar-refractivity contribution in [1.29, 1.82) is 0 Å². The number of fused-ring (bicyclic) bond motifs is 1. The molecular formula is C21H18N4O2S. The standard InChI is InChI=1S/C21H18N4O2S/c26-20(22-10-9-17-14-25-11-2-1-8-19(25)23-17)15-5-3-6-16(13-15)24-21(27)18-7-4-12-28-18/h1-8,11-14H,9-10H2,(H,22,26)(H,24,27). The average molecular weight is 390 g/mol. The quantitative estimate of drug-likeness (QED) is 0.528. The van der Waals surface area contributed by atoms with Gasteiger partial charge >= 0.3 is 0 Å². The third-order valence-corrected chi connectivity index (χ3v) is 5.08. The summed E-state index contributed by atoms with van der Waals surface area (Å²) in [5.41, 5.74) is 2.90. The van der Waals surface area contributed by atoms with Crippen LogP contribution in [0.5, 0.6) is 0 Å². The molecule has 28 heavy (non-hydrogen) atoms.